The maximum Gasteiger partial charge on any atom is 0.133 e. The molecule has 2 N–H and O–H groups in total. The first-order chi connectivity index (χ1) is 9.42. The molecular weight excluding hydrogens is 382 g/mol. The summed E-state index contributed by atoms with van der Waals surface area (Å²) in [7, 11) is 1.66. The third-order valence-electron chi connectivity index (χ3n) is 3.27. The number of ether oxygens (including phenoxy) is 1. The van der Waals surface area contributed by atoms with Gasteiger partial charge in [0, 0.05) is 10.0 Å². The van der Waals surface area contributed by atoms with Crippen LogP contribution in [0.4, 0.5) is 0 Å². The second-order valence-corrected chi connectivity index (χ2v) is 6.84. The first-order valence-corrected chi connectivity index (χ1v) is 7.88. The lowest BCUT2D eigenvalue weighted by Crippen LogP contribution is -2.35. The molecule has 2 aromatic rings. The van der Waals surface area contributed by atoms with Crippen LogP contribution in [0.15, 0.2) is 51.4 Å². The highest BCUT2D eigenvalue weighted by Crippen LogP contribution is 2.30. The van der Waals surface area contributed by atoms with Crippen LogP contribution in [0.1, 0.15) is 18.1 Å². The summed E-state index contributed by atoms with van der Waals surface area (Å²) < 4.78 is 7.24. The van der Waals surface area contributed by atoms with E-state index in [-0.39, 0.29) is 0 Å². The minimum Gasteiger partial charge on any atom is -0.496 e. The molecule has 1 atom stereocenters. The van der Waals surface area contributed by atoms with Crippen molar-refractivity contribution in [1.82, 2.24) is 0 Å². The second-order valence-electron chi connectivity index (χ2n) is 5.07. The summed E-state index contributed by atoms with van der Waals surface area (Å²) in [5, 5.41) is 0. The zero-order valence-electron chi connectivity index (χ0n) is 11.5. The molecule has 0 fully saturated rings. The molecule has 0 aromatic heterocycles. The van der Waals surface area contributed by atoms with Crippen LogP contribution >= 0.6 is 31.9 Å². The zero-order valence-corrected chi connectivity index (χ0v) is 14.7. The van der Waals surface area contributed by atoms with Crippen LogP contribution in [0, 0.1) is 0 Å². The Balaban J connectivity index is 2.26. The molecule has 0 heterocycles. The van der Waals surface area contributed by atoms with Crippen molar-refractivity contribution in [2.45, 2.75) is 18.9 Å². The minimum atomic E-state index is -0.419. The maximum absolute atomic E-state index is 6.49. The fourth-order valence-corrected chi connectivity index (χ4v) is 3.18. The van der Waals surface area contributed by atoms with Crippen LogP contribution in [0.3, 0.4) is 0 Å². The van der Waals surface area contributed by atoms with E-state index in [2.05, 4.69) is 50.1 Å². The van der Waals surface area contributed by atoms with Crippen molar-refractivity contribution in [2.75, 3.05) is 7.11 Å². The fourth-order valence-electron chi connectivity index (χ4n) is 2.19. The Kier molecular flexibility index (Phi) is 4.89. The third kappa shape index (κ3) is 3.62. The molecule has 2 rings (SSSR count). The summed E-state index contributed by atoms with van der Waals surface area (Å²) in [5.74, 6) is 0.829. The smallest absolute Gasteiger partial charge is 0.133 e. The Hall–Kier alpha value is -0.840. The van der Waals surface area contributed by atoms with Crippen molar-refractivity contribution in [3.8, 4) is 5.75 Å². The molecule has 2 aromatic carbocycles. The summed E-state index contributed by atoms with van der Waals surface area (Å²) >= 11 is 7.00. The molecule has 20 heavy (non-hydrogen) atoms. The van der Waals surface area contributed by atoms with Crippen molar-refractivity contribution >= 4 is 31.9 Å². The number of hydrogen-bond donors (Lipinski definition) is 1. The Bertz CT molecular complexity index is 611. The highest BCUT2D eigenvalue weighted by atomic mass is 79.9. The predicted molar refractivity (Wildman–Crippen MR) is 90.1 cm³/mol. The van der Waals surface area contributed by atoms with Gasteiger partial charge in [0.1, 0.15) is 5.75 Å². The summed E-state index contributed by atoms with van der Waals surface area (Å²) in [6.45, 7) is 2.05. The molecule has 0 spiro atoms. The van der Waals surface area contributed by atoms with E-state index >= 15 is 0 Å². The molecule has 0 bridgehead atoms. The van der Waals surface area contributed by atoms with Gasteiger partial charge in [-0.1, -0.05) is 34.1 Å². The number of halogens is 2. The van der Waals surface area contributed by atoms with E-state index in [1.165, 1.54) is 5.56 Å². The molecule has 0 saturated heterocycles. The molecule has 0 aliphatic rings. The number of rotatable bonds is 4. The van der Waals surface area contributed by atoms with Crippen molar-refractivity contribution in [1.29, 1.82) is 0 Å². The minimum absolute atomic E-state index is 0.419. The molecule has 0 aliphatic heterocycles. The maximum atomic E-state index is 6.49. The van der Waals surface area contributed by atoms with Gasteiger partial charge in [0.05, 0.1) is 11.6 Å². The topological polar surface area (TPSA) is 35.2 Å². The van der Waals surface area contributed by atoms with Crippen LogP contribution in [-0.2, 0) is 12.0 Å². The van der Waals surface area contributed by atoms with E-state index < -0.39 is 5.54 Å². The lowest BCUT2D eigenvalue weighted by atomic mass is 9.87. The highest BCUT2D eigenvalue weighted by Gasteiger charge is 2.22. The fraction of sp³-hybridized carbons (Fsp3) is 0.250. The largest absolute Gasteiger partial charge is 0.496 e. The third-order valence-corrected chi connectivity index (χ3v) is 4.38. The van der Waals surface area contributed by atoms with Gasteiger partial charge in [0.15, 0.2) is 0 Å². The molecule has 106 valence electrons. The molecule has 4 heteroatoms. The Morgan fingerprint density at radius 1 is 1.15 bits per heavy atom. The lowest BCUT2D eigenvalue weighted by Gasteiger charge is -2.26. The van der Waals surface area contributed by atoms with E-state index in [4.69, 9.17) is 10.5 Å². The van der Waals surface area contributed by atoms with Crippen LogP contribution in [0.2, 0.25) is 0 Å². The number of benzene rings is 2. The van der Waals surface area contributed by atoms with Gasteiger partial charge in [0.25, 0.3) is 0 Å². The number of methoxy groups -OCH3 is 1. The zero-order chi connectivity index (χ0) is 14.8. The second kappa shape index (κ2) is 6.29. The van der Waals surface area contributed by atoms with Gasteiger partial charge in [-0.2, -0.15) is 0 Å². The quantitative estimate of drug-likeness (QED) is 0.814. The monoisotopic (exact) mass is 397 g/mol. The summed E-state index contributed by atoms with van der Waals surface area (Å²) in [5.41, 5.74) is 8.35. The summed E-state index contributed by atoms with van der Waals surface area (Å²) in [4.78, 5) is 0. The SMILES string of the molecule is COc1ccc(CC(C)(N)c2cccc(Br)c2)cc1Br. The summed E-state index contributed by atoms with van der Waals surface area (Å²) in [6.07, 6.45) is 0.756. The van der Waals surface area contributed by atoms with Crippen LogP contribution in [-0.4, -0.2) is 7.11 Å². The number of nitrogens with two attached hydrogens (primary N) is 1. The molecule has 0 amide bonds. The standard InChI is InChI=1S/C16H17Br2NO/c1-16(19,12-4-3-5-13(17)9-12)10-11-6-7-15(20-2)14(18)8-11/h3-9H,10,19H2,1-2H3. The van der Waals surface area contributed by atoms with Crippen molar-refractivity contribution < 1.29 is 4.74 Å². The van der Waals surface area contributed by atoms with Gasteiger partial charge in [-0.3, -0.25) is 0 Å². The van der Waals surface area contributed by atoms with E-state index in [0.29, 0.717) is 0 Å². The van der Waals surface area contributed by atoms with Crippen molar-refractivity contribution in [3.63, 3.8) is 0 Å². The molecule has 0 radical (unpaired) electrons. The molecule has 1 unspecified atom stereocenters. The van der Waals surface area contributed by atoms with Gasteiger partial charge in [0.2, 0.25) is 0 Å². The predicted octanol–water partition coefficient (Wildman–Crippen LogP) is 4.64. The normalized spacial score (nSPS) is 13.8. The van der Waals surface area contributed by atoms with Gasteiger partial charge in [-0.25, -0.2) is 0 Å². The van der Waals surface area contributed by atoms with Crippen molar-refractivity contribution in [3.05, 3.63) is 62.5 Å². The first-order valence-electron chi connectivity index (χ1n) is 6.30. The van der Waals surface area contributed by atoms with Crippen LogP contribution < -0.4 is 10.5 Å². The van der Waals surface area contributed by atoms with E-state index in [1.807, 2.05) is 31.2 Å². The van der Waals surface area contributed by atoms with Crippen LogP contribution in [0.5, 0.6) is 5.75 Å². The van der Waals surface area contributed by atoms with E-state index in [9.17, 15) is 0 Å². The lowest BCUT2D eigenvalue weighted by molar-refractivity contribution is 0.411. The van der Waals surface area contributed by atoms with Gasteiger partial charge < -0.3 is 10.5 Å². The van der Waals surface area contributed by atoms with Gasteiger partial charge in [-0.15, -0.1) is 0 Å². The van der Waals surface area contributed by atoms with Crippen molar-refractivity contribution in [2.24, 2.45) is 5.73 Å². The Labute approximate surface area is 136 Å². The van der Waals surface area contributed by atoms with Crippen LogP contribution in [0.25, 0.3) is 0 Å². The Morgan fingerprint density at radius 2 is 1.90 bits per heavy atom. The molecule has 0 aliphatic carbocycles. The van der Waals surface area contributed by atoms with E-state index in [1.54, 1.807) is 7.11 Å². The molecule has 0 saturated carbocycles. The van der Waals surface area contributed by atoms with Gasteiger partial charge in [-0.05, 0) is 64.7 Å². The highest BCUT2D eigenvalue weighted by molar-refractivity contribution is 9.10. The van der Waals surface area contributed by atoms with E-state index in [0.717, 1.165) is 26.7 Å². The average Bonchev–Trinajstić information content (AvgIpc) is 2.38. The van der Waals surface area contributed by atoms with Gasteiger partial charge >= 0.3 is 0 Å². The molecular formula is C16H17Br2NO. The average molecular weight is 399 g/mol. The first kappa shape index (κ1) is 15.5. The molecule has 2 nitrogen and oxygen atoms in total. The number of hydrogen-bond acceptors (Lipinski definition) is 2. The Morgan fingerprint density at radius 3 is 2.50 bits per heavy atom. The summed E-state index contributed by atoms with van der Waals surface area (Å²) in [6, 6.07) is 14.2.